The highest BCUT2D eigenvalue weighted by molar-refractivity contribution is 7.98. The van der Waals surface area contributed by atoms with E-state index in [1.165, 1.54) is 35.4 Å². The summed E-state index contributed by atoms with van der Waals surface area (Å²) in [4.78, 5) is 18.8. The topological polar surface area (TPSA) is 63.1 Å². The van der Waals surface area contributed by atoms with Crippen LogP contribution in [0.3, 0.4) is 0 Å². The van der Waals surface area contributed by atoms with Crippen LogP contribution in [0.5, 0.6) is 0 Å². The number of carbonyl (C=O) groups is 1. The van der Waals surface area contributed by atoms with Crippen LogP contribution in [-0.2, 0) is 5.75 Å². The molecule has 0 aliphatic rings. The fourth-order valence-electron chi connectivity index (χ4n) is 1.88. The fraction of sp³-hybridized carbons (Fsp3) is 0.214. The molecule has 0 amide bonds. The van der Waals surface area contributed by atoms with Gasteiger partial charge in [-0.3, -0.25) is 0 Å². The van der Waals surface area contributed by atoms with Crippen molar-refractivity contribution in [1.82, 2.24) is 9.97 Å². The SMILES string of the molecule is Cc1cc(C)cc(CSc2ncncc2C(=O)O)c1. The van der Waals surface area contributed by atoms with Crippen LogP contribution < -0.4 is 0 Å². The van der Waals surface area contributed by atoms with E-state index in [4.69, 9.17) is 5.11 Å². The molecule has 0 bridgehead atoms. The minimum atomic E-state index is -0.997. The summed E-state index contributed by atoms with van der Waals surface area (Å²) in [6.45, 7) is 4.10. The van der Waals surface area contributed by atoms with Crippen LogP contribution in [0, 0.1) is 13.8 Å². The smallest absolute Gasteiger partial charge is 0.340 e. The van der Waals surface area contributed by atoms with Crippen LogP contribution in [0.15, 0.2) is 35.7 Å². The summed E-state index contributed by atoms with van der Waals surface area (Å²) in [6.07, 6.45) is 2.70. The summed E-state index contributed by atoms with van der Waals surface area (Å²) in [6, 6.07) is 6.31. The summed E-state index contributed by atoms with van der Waals surface area (Å²) in [5.74, 6) is -0.302. The van der Waals surface area contributed by atoms with Gasteiger partial charge in [-0.2, -0.15) is 0 Å². The Morgan fingerprint density at radius 2 is 1.95 bits per heavy atom. The lowest BCUT2D eigenvalue weighted by molar-refractivity contribution is 0.0691. The maximum atomic E-state index is 11.0. The van der Waals surface area contributed by atoms with E-state index >= 15 is 0 Å². The zero-order valence-electron chi connectivity index (χ0n) is 10.8. The summed E-state index contributed by atoms with van der Waals surface area (Å²) >= 11 is 1.41. The maximum Gasteiger partial charge on any atom is 0.340 e. The number of thioether (sulfide) groups is 1. The molecule has 19 heavy (non-hydrogen) atoms. The summed E-state index contributed by atoms with van der Waals surface area (Å²) in [7, 11) is 0. The first kappa shape index (κ1) is 13.5. The minimum absolute atomic E-state index is 0.150. The average molecular weight is 274 g/mol. The number of hydrogen-bond donors (Lipinski definition) is 1. The zero-order chi connectivity index (χ0) is 13.8. The zero-order valence-corrected chi connectivity index (χ0v) is 11.6. The fourth-order valence-corrected chi connectivity index (χ4v) is 2.77. The number of benzene rings is 1. The van der Waals surface area contributed by atoms with Gasteiger partial charge < -0.3 is 5.11 Å². The highest BCUT2D eigenvalue weighted by Gasteiger charge is 2.11. The van der Waals surface area contributed by atoms with Gasteiger partial charge in [-0.05, 0) is 19.4 Å². The second-order valence-electron chi connectivity index (χ2n) is 4.33. The second-order valence-corrected chi connectivity index (χ2v) is 5.30. The van der Waals surface area contributed by atoms with Gasteiger partial charge in [0.15, 0.2) is 0 Å². The monoisotopic (exact) mass is 274 g/mol. The van der Waals surface area contributed by atoms with Crippen molar-refractivity contribution in [2.45, 2.75) is 24.6 Å². The quantitative estimate of drug-likeness (QED) is 0.685. The Balaban J connectivity index is 2.16. The Morgan fingerprint density at radius 3 is 2.58 bits per heavy atom. The molecular formula is C14H14N2O2S. The molecule has 0 aliphatic heterocycles. The van der Waals surface area contributed by atoms with Crippen LogP contribution in [0.2, 0.25) is 0 Å². The number of aryl methyl sites for hydroxylation is 2. The predicted molar refractivity (Wildman–Crippen MR) is 74.5 cm³/mol. The molecule has 5 heteroatoms. The number of carboxylic acids is 1. The molecule has 1 heterocycles. The van der Waals surface area contributed by atoms with E-state index in [0.717, 1.165) is 5.56 Å². The first-order valence-electron chi connectivity index (χ1n) is 5.79. The molecule has 0 saturated carbocycles. The number of nitrogens with zero attached hydrogens (tertiary/aromatic N) is 2. The van der Waals surface area contributed by atoms with Gasteiger partial charge in [0, 0.05) is 11.9 Å². The first-order valence-corrected chi connectivity index (χ1v) is 6.78. The molecule has 0 spiro atoms. The molecule has 1 N–H and O–H groups in total. The second kappa shape index (κ2) is 5.84. The molecule has 98 valence electrons. The average Bonchev–Trinajstić information content (AvgIpc) is 2.35. The Bertz CT molecular complexity index is 594. The summed E-state index contributed by atoms with van der Waals surface area (Å²) < 4.78 is 0. The number of rotatable bonds is 4. The van der Waals surface area contributed by atoms with E-state index in [-0.39, 0.29) is 5.56 Å². The molecule has 2 rings (SSSR count). The van der Waals surface area contributed by atoms with Gasteiger partial charge >= 0.3 is 5.97 Å². The maximum absolute atomic E-state index is 11.0. The molecule has 0 radical (unpaired) electrons. The Hall–Kier alpha value is -1.88. The number of carboxylic acid groups (broad SMARTS) is 1. The van der Waals surface area contributed by atoms with Crippen molar-refractivity contribution < 1.29 is 9.90 Å². The van der Waals surface area contributed by atoms with Crippen molar-refractivity contribution in [3.8, 4) is 0 Å². The van der Waals surface area contributed by atoms with E-state index in [1.54, 1.807) is 0 Å². The first-order chi connectivity index (χ1) is 9.06. The molecule has 1 aromatic carbocycles. The van der Waals surface area contributed by atoms with Crippen molar-refractivity contribution in [2.24, 2.45) is 0 Å². The third-order valence-electron chi connectivity index (χ3n) is 2.56. The van der Waals surface area contributed by atoms with Crippen molar-refractivity contribution >= 4 is 17.7 Å². The largest absolute Gasteiger partial charge is 0.478 e. The summed E-state index contributed by atoms with van der Waals surface area (Å²) in [5, 5.41) is 9.56. The van der Waals surface area contributed by atoms with Crippen molar-refractivity contribution in [3.63, 3.8) is 0 Å². The Morgan fingerprint density at radius 1 is 1.26 bits per heavy atom. The van der Waals surface area contributed by atoms with E-state index in [9.17, 15) is 4.79 Å². The van der Waals surface area contributed by atoms with Gasteiger partial charge in [0.1, 0.15) is 16.9 Å². The molecule has 0 atom stereocenters. The van der Waals surface area contributed by atoms with E-state index < -0.39 is 5.97 Å². The standard InChI is InChI=1S/C14H14N2O2S/c1-9-3-10(2)5-11(4-9)7-19-13-12(14(17)18)6-15-8-16-13/h3-6,8H,7H2,1-2H3,(H,17,18). The molecule has 0 aliphatic carbocycles. The van der Waals surface area contributed by atoms with Gasteiger partial charge in [0.2, 0.25) is 0 Å². The Kier molecular flexibility index (Phi) is 4.16. The van der Waals surface area contributed by atoms with Crippen molar-refractivity contribution in [3.05, 3.63) is 53.0 Å². The van der Waals surface area contributed by atoms with Crippen LogP contribution in [0.25, 0.3) is 0 Å². The van der Waals surface area contributed by atoms with Crippen molar-refractivity contribution in [2.75, 3.05) is 0 Å². The lowest BCUT2D eigenvalue weighted by Gasteiger charge is -2.06. The van der Waals surface area contributed by atoms with E-state index in [1.807, 2.05) is 0 Å². The van der Waals surface area contributed by atoms with Gasteiger partial charge in [-0.25, -0.2) is 14.8 Å². The van der Waals surface area contributed by atoms with Crippen molar-refractivity contribution in [1.29, 1.82) is 0 Å². The van der Waals surface area contributed by atoms with Crippen LogP contribution >= 0.6 is 11.8 Å². The molecular weight excluding hydrogens is 260 g/mol. The third kappa shape index (κ3) is 3.54. The molecule has 0 saturated heterocycles. The van der Waals surface area contributed by atoms with Gasteiger partial charge in [-0.1, -0.05) is 29.3 Å². The molecule has 2 aromatic rings. The lowest BCUT2D eigenvalue weighted by atomic mass is 10.1. The molecule has 0 fully saturated rings. The van der Waals surface area contributed by atoms with Crippen LogP contribution in [0.1, 0.15) is 27.0 Å². The van der Waals surface area contributed by atoms with Crippen LogP contribution in [-0.4, -0.2) is 21.0 Å². The predicted octanol–water partition coefficient (Wildman–Crippen LogP) is 3.08. The normalized spacial score (nSPS) is 10.4. The number of aromatic carboxylic acids is 1. The molecule has 1 aromatic heterocycles. The van der Waals surface area contributed by atoms with E-state index in [0.29, 0.717) is 10.8 Å². The highest BCUT2D eigenvalue weighted by atomic mass is 32.2. The number of hydrogen-bond acceptors (Lipinski definition) is 4. The summed E-state index contributed by atoms with van der Waals surface area (Å²) in [5.41, 5.74) is 3.72. The third-order valence-corrected chi connectivity index (χ3v) is 3.64. The number of aromatic nitrogens is 2. The molecule has 0 unspecified atom stereocenters. The lowest BCUT2D eigenvalue weighted by Crippen LogP contribution is -2.01. The van der Waals surface area contributed by atoms with Crippen LogP contribution in [0.4, 0.5) is 0 Å². The van der Waals surface area contributed by atoms with Gasteiger partial charge in [0.25, 0.3) is 0 Å². The highest BCUT2D eigenvalue weighted by Crippen LogP contribution is 2.24. The Labute approximate surface area is 115 Å². The molecule has 4 nitrogen and oxygen atoms in total. The van der Waals surface area contributed by atoms with E-state index in [2.05, 4.69) is 42.0 Å². The minimum Gasteiger partial charge on any atom is -0.478 e. The van der Waals surface area contributed by atoms with Gasteiger partial charge in [-0.15, -0.1) is 11.8 Å². The van der Waals surface area contributed by atoms with Gasteiger partial charge in [0.05, 0.1) is 0 Å².